The zero-order valence-corrected chi connectivity index (χ0v) is 13.6. The maximum Gasteiger partial charge on any atom is 0.287 e. The van der Waals surface area contributed by atoms with E-state index in [0.29, 0.717) is 38.9 Å². The van der Waals surface area contributed by atoms with E-state index < -0.39 is 17.5 Å². The fourth-order valence-corrected chi connectivity index (χ4v) is 2.43. The largest absolute Gasteiger partial charge is 0.378 e. The van der Waals surface area contributed by atoms with E-state index in [1.807, 2.05) is 0 Å². The van der Waals surface area contributed by atoms with E-state index in [-0.39, 0.29) is 11.5 Å². The first-order valence-electron chi connectivity index (χ1n) is 7.74. The summed E-state index contributed by atoms with van der Waals surface area (Å²) in [5.41, 5.74) is -0.196. The lowest BCUT2D eigenvalue weighted by atomic mass is 10.1. The van der Waals surface area contributed by atoms with Crippen molar-refractivity contribution in [1.29, 1.82) is 0 Å². The summed E-state index contributed by atoms with van der Waals surface area (Å²) < 4.78 is 33.3. The normalized spacial score (nSPS) is 15.1. The van der Waals surface area contributed by atoms with Crippen molar-refractivity contribution in [3.8, 4) is 0 Å². The Labute approximate surface area is 143 Å². The number of pyridine rings is 1. The Hall–Kier alpha value is -2.68. The second-order valence-electron chi connectivity index (χ2n) is 5.61. The van der Waals surface area contributed by atoms with Crippen LogP contribution in [0.3, 0.4) is 0 Å². The Bertz CT molecular complexity index is 746. The summed E-state index contributed by atoms with van der Waals surface area (Å²) in [6.07, 6.45) is 4.24. The first-order chi connectivity index (χ1) is 11.9. The number of anilines is 2. The van der Waals surface area contributed by atoms with Gasteiger partial charge < -0.3 is 15.0 Å². The van der Waals surface area contributed by atoms with Crippen molar-refractivity contribution >= 4 is 17.5 Å². The quantitative estimate of drug-likeness (QED) is 0.911. The number of aromatic nitrogens is 3. The SMILES string of the molecule is CC(F)(F)c1nc(Nc2ccncc2)ncc1C(=O)N1CCOCC1. The molecule has 0 aromatic carbocycles. The molecule has 1 aliphatic rings. The molecule has 132 valence electrons. The molecular formula is C16H17F2N5O2. The van der Waals surface area contributed by atoms with Gasteiger partial charge in [0.2, 0.25) is 5.95 Å². The van der Waals surface area contributed by atoms with Gasteiger partial charge in [-0.3, -0.25) is 9.78 Å². The number of hydrogen-bond donors (Lipinski definition) is 1. The van der Waals surface area contributed by atoms with Crippen LogP contribution in [0.1, 0.15) is 23.0 Å². The molecule has 1 saturated heterocycles. The van der Waals surface area contributed by atoms with Gasteiger partial charge in [-0.15, -0.1) is 0 Å². The Balaban J connectivity index is 1.91. The summed E-state index contributed by atoms with van der Waals surface area (Å²) in [5, 5.41) is 2.82. The molecule has 9 heteroatoms. The van der Waals surface area contributed by atoms with Crippen LogP contribution in [0, 0.1) is 0 Å². The van der Waals surface area contributed by atoms with Crippen LogP contribution in [0.5, 0.6) is 0 Å². The van der Waals surface area contributed by atoms with Crippen LogP contribution in [0.15, 0.2) is 30.7 Å². The van der Waals surface area contributed by atoms with Crippen molar-refractivity contribution in [1.82, 2.24) is 19.9 Å². The number of ether oxygens (including phenoxy) is 1. The minimum atomic E-state index is -3.28. The summed E-state index contributed by atoms with van der Waals surface area (Å²) >= 11 is 0. The number of carbonyl (C=O) groups excluding carboxylic acids is 1. The third-order valence-corrected chi connectivity index (χ3v) is 3.67. The molecule has 1 amide bonds. The predicted octanol–water partition coefficient (Wildman–Crippen LogP) is 2.20. The molecule has 0 aliphatic carbocycles. The number of rotatable bonds is 4. The molecule has 1 fully saturated rings. The topological polar surface area (TPSA) is 80.2 Å². The fourth-order valence-electron chi connectivity index (χ4n) is 2.43. The zero-order valence-electron chi connectivity index (χ0n) is 13.6. The Morgan fingerprint density at radius 1 is 1.28 bits per heavy atom. The van der Waals surface area contributed by atoms with Crippen LogP contribution in [-0.2, 0) is 10.7 Å². The van der Waals surface area contributed by atoms with Gasteiger partial charge in [0.05, 0.1) is 18.8 Å². The number of amides is 1. The molecule has 0 bridgehead atoms. The second kappa shape index (κ2) is 7.06. The number of alkyl halides is 2. The number of carbonyl (C=O) groups is 1. The van der Waals surface area contributed by atoms with E-state index in [1.54, 1.807) is 24.5 Å². The van der Waals surface area contributed by atoms with Crippen LogP contribution in [0.2, 0.25) is 0 Å². The van der Waals surface area contributed by atoms with Gasteiger partial charge in [0.25, 0.3) is 11.8 Å². The van der Waals surface area contributed by atoms with E-state index >= 15 is 0 Å². The van der Waals surface area contributed by atoms with Gasteiger partial charge in [-0.25, -0.2) is 9.97 Å². The highest BCUT2D eigenvalue weighted by Gasteiger charge is 2.34. The summed E-state index contributed by atoms with van der Waals surface area (Å²) in [6.45, 7) is 2.18. The highest BCUT2D eigenvalue weighted by molar-refractivity contribution is 5.95. The molecule has 25 heavy (non-hydrogen) atoms. The Morgan fingerprint density at radius 3 is 2.60 bits per heavy atom. The average molecular weight is 349 g/mol. The maximum atomic E-state index is 14.0. The Kier molecular flexibility index (Phi) is 4.84. The van der Waals surface area contributed by atoms with Gasteiger partial charge in [-0.2, -0.15) is 8.78 Å². The average Bonchev–Trinajstić information content (AvgIpc) is 2.62. The lowest BCUT2D eigenvalue weighted by Gasteiger charge is -2.27. The van der Waals surface area contributed by atoms with Crippen LogP contribution >= 0.6 is 0 Å². The van der Waals surface area contributed by atoms with E-state index in [2.05, 4.69) is 20.3 Å². The van der Waals surface area contributed by atoms with Gasteiger partial charge in [0.15, 0.2) is 0 Å². The standard InChI is InChI=1S/C16H17F2N5O2/c1-16(17,18)13-12(14(24)23-6-8-25-9-7-23)10-20-15(22-13)21-11-2-4-19-5-3-11/h2-5,10H,6-9H2,1H3,(H,19,20,21,22). The van der Waals surface area contributed by atoms with Crippen LogP contribution in [0.25, 0.3) is 0 Å². The second-order valence-corrected chi connectivity index (χ2v) is 5.61. The first-order valence-corrected chi connectivity index (χ1v) is 7.74. The van der Waals surface area contributed by atoms with E-state index in [0.717, 1.165) is 6.20 Å². The molecule has 3 heterocycles. The lowest BCUT2D eigenvalue weighted by Crippen LogP contribution is -2.41. The van der Waals surface area contributed by atoms with Gasteiger partial charge in [-0.05, 0) is 12.1 Å². The number of halogens is 2. The number of nitrogens with zero attached hydrogens (tertiary/aromatic N) is 4. The molecule has 0 radical (unpaired) electrons. The van der Waals surface area contributed by atoms with Crippen molar-refractivity contribution in [2.45, 2.75) is 12.8 Å². The third kappa shape index (κ3) is 4.05. The molecular weight excluding hydrogens is 332 g/mol. The minimum Gasteiger partial charge on any atom is -0.378 e. The number of morpholine rings is 1. The molecule has 0 spiro atoms. The van der Waals surface area contributed by atoms with Gasteiger partial charge in [-0.1, -0.05) is 0 Å². The van der Waals surface area contributed by atoms with Gasteiger partial charge in [0, 0.05) is 44.3 Å². The van der Waals surface area contributed by atoms with E-state index in [9.17, 15) is 13.6 Å². The summed E-state index contributed by atoms with van der Waals surface area (Å²) in [7, 11) is 0. The molecule has 7 nitrogen and oxygen atoms in total. The maximum absolute atomic E-state index is 14.0. The Morgan fingerprint density at radius 2 is 1.96 bits per heavy atom. The lowest BCUT2D eigenvalue weighted by molar-refractivity contribution is 0.00908. The molecule has 0 atom stereocenters. The van der Waals surface area contributed by atoms with Gasteiger partial charge in [0.1, 0.15) is 5.69 Å². The highest BCUT2D eigenvalue weighted by atomic mass is 19.3. The van der Waals surface area contributed by atoms with Crippen LogP contribution in [-0.4, -0.2) is 52.1 Å². The van der Waals surface area contributed by atoms with Crippen molar-refractivity contribution in [2.24, 2.45) is 0 Å². The first kappa shape index (κ1) is 17.2. The molecule has 0 unspecified atom stereocenters. The van der Waals surface area contributed by atoms with Crippen molar-refractivity contribution in [3.05, 3.63) is 42.0 Å². The molecule has 0 saturated carbocycles. The summed E-state index contributed by atoms with van der Waals surface area (Å²) in [6, 6.07) is 3.31. The third-order valence-electron chi connectivity index (χ3n) is 3.67. The van der Waals surface area contributed by atoms with E-state index in [1.165, 1.54) is 4.90 Å². The van der Waals surface area contributed by atoms with Crippen molar-refractivity contribution in [3.63, 3.8) is 0 Å². The molecule has 2 aromatic rings. The molecule has 1 aliphatic heterocycles. The smallest absolute Gasteiger partial charge is 0.287 e. The molecule has 1 N–H and O–H groups in total. The molecule has 3 rings (SSSR count). The number of hydrogen-bond acceptors (Lipinski definition) is 6. The highest BCUT2D eigenvalue weighted by Crippen LogP contribution is 2.30. The van der Waals surface area contributed by atoms with Crippen LogP contribution in [0.4, 0.5) is 20.4 Å². The van der Waals surface area contributed by atoms with E-state index in [4.69, 9.17) is 4.74 Å². The minimum absolute atomic E-state index is 0.0127. The predicted molar refractivity (Wildman–Crippen MR) is 85.8 cm³/mol. The van der Waals surface area contributed by atoms with Crippen molar-refractivity contribution in [2.75, 3.05) is 31.6 Å². The van der Waals surface area contributed by atoms with Gasteiger partial charge >= 0.3 is 0 Å². The fraction of sp³-hybridized carbons (Fsp3) is 0.375. The number of nitrogens with one attached hydrogen (secondary N) is 1. The van der Waals surface area contributed by atoms with Crippen molar-refractivity contribution < 1.29 is 18.3 Å². The zero-order chi connectivity index (χ0) is 17.9. The molecule has 2 aromatic heterocycles. The summed E-state index contributed by atoms with van der Waals surface area (Å²) in [5.74, 6) is -3.81. The monoisotopic (exact) mass is 349 g/mol. The summed E-state index contributed by atoms with van der Waals surface area (Å²) in [4.78, 5) is 25.8. The van der Waals surface area contributed by atoms with Crippen LogP contribution < -0.4 is 5.32 Å².